The molecule has 0 saturated heterocycles. The van der Waals surface area contributed by atoms with Crippen molar-refractivity contribution >= 4 is 23.4 Å². The highest BCUT2D eigenvalue weighted by Gasteiger charge is 2.03. The van der Waals surface area contributed by atoms with Crippen molar-refractivity contribution in [2.24, 2.45) is 0 Å². The molecule has 0 unspecified atom stereocenters. The van der Waals surface area contributed by atoms with Crippen molar-refractivity contribution in [3.63, 3.8) is 0 Å². The Bertz CT molecular complexity index is 565. The first-order valence-electron chi connectivity index (χ1n) is 7.62. The fourth-order valence-electron chi connectivity index (χ4n) is 2.33. The van der Waals surface area contributed by atoms with E-state index in [0.717, 1.165) is 31.0 Å². The lowest BCUT2D eigenvalue weighted by Gasteiger charge is -2.23. The monoisotopic (exact) mass is 296 g/mol. The Labute approximate surface area is 132 Å². The summed E-state index contributed by atoms with van der Waals surface area (Å²) in [6.45, 7) is 5.02. The summed E-state index contributed by atoms with van der Waals surface area (Å²) in [7, 11) is 1.87. The van der Waals surface area contributed by atoms with Crippen LogP contribution < -0.4 is 15.1 Å². The third-order valence-corrected chi connectivity index (χ3v) is 3.68. The van der Waals surface area contributed by atoms with Crippen LogP contribution in [0.3, 0.4) is 0 Å². The van der Waals surface area contributed by atoms with E-state index in [9.17, 15) is 0 Å². The Morgan fingerprint density at radius 3 is 2.27 bits per heavy atom. The maximum atomic E-state index is 7.24. The van der Waals surface area contributed by atoms with Gasteiger partial charge in [-0.1, -0.05) is 18.2 Å². The van der Waals surface area contributed by atoms with Crippen molar-refractivity contribution in [2.45, 2.75) is 6.92 Å². The molecule has 2 N–H and O–H groups in total. The van der Waals surface area contributed by atoms with Crippen LogP contribution in [-0.2, 0) is 0 Å². The standard InChI is InChI=1S/C18H24N4/c1-3-22(18-7-5-4-6-8-18)14-13-20-16-9-11-17(12-10-16)21(2)15-19/h4-12,15,19-20H,3,13-14H2,1-2H3. The highest BCUT2D eigenvalue weighted by atomic mass is 15.1. The molecule has 22 heavy (non-hydrogen) atoms. The van der Waals surface area contributed by atoms with Gasteiger partial charge >= 0.3 is 0 Å². The predicted octanol–water partition coefficient (Wildman–Crippen LogP) is 3.67. The Morgan fingerprint density at radius 1 is 1.00 bits per heavy atom. The molecule has 4 nitrogen and oxygen atoms in total. The first-order valence-corrected chi connectivity index (χ1v) is 7.62. The molecule has 4 heteroatoms. The van der Waals surface area contributed by atoms with Gasteiger partial charge in [-0.15, -0.1) is 0 Å². The second kappa shape index (κ2) is 8.08. The van der Waals surface area contributed by atoms with Crippen LogP contribution in [0.2, 0.25) is 0 Å². The zero-order valence-electron chi connectivity index (χ0n) is 13.3. The molecule has 116 valence electrons. The van der Waals surface area contributed by atoms with E-state index in [1.165, 1.54) is 12.0 Å². The summed E-state index contributed by atoms with van der Waals surface area (Å²) < 4.78 is 0. The maximum Gasteiger partial charge on any atom is 0.0859 e. The molecule has 0 amide bonds. The van der Waals surface area contributed by atoms with Crippen LogP contribution in [0.15, 0.2) is 54.6 Å². The summed E-state index contributed by atoms with van der Waals surface area (Å²) >= 11 is 0. The van der Waals surface area contributed by atoms with E-state index in [1.54, 1.807) is 4.90 Å². The minimum atomic E-state index is 0.891. The molecule has 0 bridgehead atoms. The number of rotatable bonds is 8. The van der Waals surface area contributed by atoms with Gasteiger partial charge in [-0.05, 0) is 43.3 Å². The highest BCUT2D eigenvalue weighted by molar-refractivity contribution is 5.76. The van der Waals surface area contributed by atoms with Crippen LogP contribution in [-0.4, -0.2) is 33.0 Å². The first-order chi connectivity index (χ1) is 10.7. The quantitative estimate of drug-likeness (QED) is 0.577. The van der Waals surface area contributed by atoms with Gasteiger partial charge in [0.25, 0.3) is 0 Å². The van der Waals surface area contributed by atoms with E-state index in [-0.39, 0.29) is 0 Å². The fraction of sp³-hybridized carbons (Fsp3) is 0.278. The molecule has 0 spiro atoms. The lowest BCUT2D eigenvalue weighted by molar-refractivity contribution is 0.835. The zero-order valence-corrected chi connectivity index (χ0v) is 13.3. The molecular formula is C18H24N4. The average molecular weight is 296 g/mol. The number of nitrogens with zero attached hydrogens (tertiary/aromatic N) is 2. The van der Waals surface area contributed by atoms with Crippen molar-refractivity contribution in [3.8, 4) is 0 Å². The van der Waals surface area contributed by atoms with E-state index in [0.29, 0.717) is 0 Å². The van der Waals surface area contributed by atoms with Crippen molar-refractivity contribution < 1.29 is 0 Å². The lowest BCUT2D eigenvalue weighted by Crippen LogP contribution is -2.28. The molecule has 2 rings (SSSR count). The lowest BCUT2D eigenvalue weighted by atomic mass is 10.2. The number of nitrogens with one attached hydrogen (secondary N) is 2. The topological polar surface area (TPSA) is 42.4 Å². The Balaban J connectivity index is 1.86. The molecule has 0 atom stereocenters. The molecule has 0 heterocycles. The molecule has 0 aliphatic rings. The van der Waals surface area contributed by atoms with Gasteiger partial charge in [-0.2, -0.15) is 0 Å². The number of benzene rings is 2. The van der Waals surface area contributed by atoms with Crippen LogP contribution in [0.1, 0.15) is 6.92 Å². The van der Waals surface area contributed by atoms with Gasteiger partial charge in [0.1, 0.15) is 0 Å². The molecule has 2 aromatic rings. The summed E-state index contributed by atoms with van der Waals surface area (Å²) in [6, 6.07) is 18.6. The van der Waals surface area contributed by atoms with Gasteiger partial charge in [0.05, 0.1) is 6.34 Å². The van der Waals surface area contributed by atoms with Crippen molar-refractivity contribution in [2.75, 3.05) is 41.8 Å². The smallest absolute Gasteiger partial charge is 0.0859 e. The molecule has 0 saturated carbocycles. The van der Waals surface area contributed by atoms with E-state index < -0.39 is 0 Å². The van der Waals surface area contributed by atoms with Gasteiger partial charge < -0.3 is 15.1 Å². The zero-order chi connectivity index (χ0) is 15.8. The number of para-hydroxylation sites is 1. The maximum absolute atomic E-state index is 7.24. The Kier molecular flexibility index (Phi) is 5.83. The van der Waals surface area contributed by atoms with Gasteiger partial charge in [0.2, 0.25) is 0 Å². The third kappa shape index (κ3) is 4.25. The van der Waals surface area contributed by atoms with E-state index >= 15 is 0 Å². The Morgan fingerprint density at radius 2 is 1.68 bits per heavy atom. The number of hydrogen-bond acceptors (Lipinski definition) is 3. The second-order valence-electron chi connectivity index (χ2n) is 5.13. The van der Waals surface area contributed by atoms with Crippen molar-refractivity contribution in [1.29, 1.82) is 5.41 Å². The van der Waals surface area contributed by atoms with Crippen molar-refractivity contribution in [3.05, 3.63) is 54.6 Å². The normalized spacial score (nSPS) is 10.1. The van der Waals surface area contributed by atoms with E-state index in [4.69, 9.17) is 5.41 Å². The van der Waals surface area contributed by atoms with Gasteiger partial charge in [0, 0.05) is 43.7 Å². The number of likely N-dealkylation sites (N-methyl/N-ethyl adjacent to an activating group) is 1. The van der Waals surface area contributed by atoms with Gasteiger partial charge in [0.15, 0.2) is 0 Å². The largest absolute Gasteiger partial charge is 0.383 e. The van der Waals surface area contributed by atoms with Gasteiger partial charge in [-0.25, -0.2) is 0 Å². The van der Waals surface area contributed by atoms with Crippen LogP contribution in [0.25, 0.3) is 0 Å². The fourth-order valence-corrected chi connectivity index (χ4v) is 2.33. The summed E-state index contributed by atoms with van der Waals surface area (Å²) in [5.74, 6) is 0. The molecule has 0 aromatic heterocycles. The second-order valence-corrected chi connectivity index (χ2v) is 5.13. The average Bonchev–Trinajstić information content (AvgIpc) is 2.59. The summed E-state index contributed by atoms with van der Waals surface area (Å²) in [6.07, 6.45) is 1.31. The summed E-state index contributed by atoms with van der Waals surface area (Å²) in [5, 5.41) is 10.7. The molecular weight excluding hydrogens is 272 g/mol. The first kappa shape index (κ1) is 15.9. The van der Waals surface area contributed by atoms with Crippen LogP contribution in [0.4, 0.5) is 17.1 Å². The number of hydrogen-bond donors (Lipinski definition) is 2. The summed E-state index contributed by atoms with van der Waals surface area (Å²) in [4.78, 5) is 4.13. The molecule has 0 aliphatic carbocycles. The number of anilines is 3. The minimum Gasteiger partial charge on any atom is -0.383 e. The Hall–Kier alpha value is -2.49. The van der Waals surface area contributed by atoms with Gasteiger partial charge in [-0.3, -0.25) is 5.41 Å². The molecule has 0 aliphatic heterocycles. The van der Waals surface area contributed by atoms with E-state index in [2.05, 4.69) is 41.4 Å². The highest BCUT2D eigenvalue weighted by Crippen LogP contribution is 2.16. The van der Waals surface area contributed by atoms with Crippen LogP contribution in [0, 0.1) is 5.41 Å². The van der Waals surface area contributed by atoms with Crippen molar-refractivity contribution in [1.82, 2.24) is 0 Å². The molecule has 0 fully saturated rings. The van der Waals surface area contributed by atoms with Crippen LogP contribution in [0.5, 0.6) is 0 Å². The molecule has 0 radical (unpaired) electrons. The SMILES string of the molecule is CCN(CCNc1ccc(N(C)C=N)cc1)c1ccccc1. The minimum absolute atomic E-state index is 0.891. The molecule has 2 aromatic carbocycles. The summed E-state index contributed by atoms with van der Waals surface area (Å²) in [5.41, 5.74) is 3.38. The van der Waals surface area contributed by atoms with E-state index in [1.807, 2.05) is 37.4 Å². The van der Waals surface area contributed by atoms with Crippen LogP contribution >= 0.6 is 0 Å². The third-order valence-electron chi connectivity index (χ3n) is 3.68. The predicted molar refractivity (Wildman–Crippen MR) is 96.4 cm³/mol.